The fourth-order valence-corrected chi connectivity index (χ4v) is 4.86. The second-order valence-electron chi connectivity index (χ2n) is 10.4. The Morgan fingerprint density at radius 3 is 1.37 bits per heavy atom. The van der Waals surface area contributed by atoms with Gasteiger partial charge in [-0.2, -0.15) is 0 Å². The van der Waals surface area contributed by atoms with E-state index in [2.05, 4.69) is 114 Å². The van der Waals surface area contributed by atoms with Crippen LogP contribution in [0.25, 0.3) is 0 Å². The third kappa shape index (κ3) is 11.3. The first kappa shape index (κ1) is 28.9. The largest absolute Gasteiger partial charge is 0.0651 e. The summed E-state index contributed by atoms with van der Waals surface area (Å²) in [6.07, 6.45) is 12.2. The zero-order valence-corrected chi connectivity index (χ0v) is 23.4. The van der Waals surface area contributed by atoms with Gasteiger partial charge in [0.15, 0.2) is 0 Å². The van der Waals surface area contributed by atoms with Crippen LogP contribution in [0.5, 0.6) is 0 Å². The van der Waals surface area contributed by atoms with Crippen molar-refractivity contribution in [2.45, 2.75) is 99.3 Å². The van der Waals surface area contributed by atoms with E-state index >= 15 is 0 Å². The summed E-state index contributed by atoms with van der Waals surface area (Å²) in [5, 5.41) is 0. The van der Waals surface area contributed by atoms with Crippen LogP contribution in [-0.2, 0) is 19.3 Å². The summed E-state index contributed by atoms with van der Waals surface area (Å²) >= 11 is 0. The molecule has 2 atom stereocenters. The van der Waals surface area contributed by atoms with Crippen molar-refractivity contribution in [1.82, 2.24) is 0 Å². The van der Waals surface area contributed by atoms with E-state index in [1.165, 1.54) is 71.9 Å². The summed E-state index contributed by atoms with van der Waals surface area (Å²) in [5.74, 6) is 2.14. The van der Waals surface area contributed by atoms with Gasteiger partial charge in [0, 0.05) is 0 Å². The summed E-state index contributed by atoms with van der Waals surface area (Å²) in [6.45, 7) is 13.3. The molecule has 0 spiro atoms. The van der Waals surface area contributed by atoms with Crippen LogP contribution in [0, 0.1) is 25.7 Å². The van der Waals surface area contributed by atoms with Gasteiger partial charge in [-0.25, -0.2) is 0 Å². The van der Waals surface area contributed by atoms with E-state index in [1.54, 1.807) is 0 Å². The lowest BCUT2D eigenvalue weighted by molar-refractivity contribution is 0.255. The average Bonchev–Trinajstić information content (AvgIpc) is 2.92. The maximum absolute atomic E-state index is 2.34. The molecule has 0 bridgehead atoms. The highest BCUT2D eigenvalue weighted by Gasteiger charge is 2.18. The Balaban J connectivity index is 0.000000192. The van der Waals surface area contributed by atoms with Crippen molar-refractivity contribution in [3.8, 4) is 0 Å². The predicted octanol–water partition coefficient (Wildman–Crippen LogP) is 10.3. The molecule has 4 rings (SSSR count). The van der Waals surface area contributed by atoms with Crippen molar-refractivity contribution in [2.24, 2.45) is 11.8 Å². The van der Waals surface area contributed by atoms with Gasteiger partial charge in [0.2, 0.25) is 0 Å². The molecule has 0 aromatic heterocycles. The predicted molar refractivity (Wildman–Crippen MR) is 156 cm³/mol. The molecule has 0 N–H and O–H groups in total. The first-order chi connectivity index (χ1) is 17.0. The molecular weight excluding hydrogens is 420 g/mol. The molecule has 0 heteroatoms. The van der Waals surface area contributed by atoms with Crippen LogP contribution >= 0.6 is 0 Å². The van der Waals surface area contributed by atoms with Gasteiger partial charge in [-0.15, -0.1) is 0 Å². The number of benzene rings is 3. The lowest BCUT2D eigenvalue weighted by Crippen LogP contribution is -2.13. The molecular formula is C35H50. The second-order valence-corrected chi connectivity index (χ2v) is 10.4. The third-order valence-electron chi connectivity index (χ3n) is 7.50. The number of rotatable bonds is 6. The Morgan fingerprint density at radius 1 is 0.571 bits per heavy atom. The van der Waals surface area contributed by atoms with Gasteiger partial charge < -0.3 is 0 Å². The van der Waals surface area contributed by atoms with Crippen LogP contribution in [0.4, 0.5) is 0 Å². The van der Waals surface area contributed by atoms with Crippen LogP contribution in [0.3, 0.4) is 0 Å². The Kier molecular flexibility index (Phi) is 13.5. The van der Waals surface area contributed by atoms with E-state index in [9.17, 15) is 0 Å². The van der Waals surface area contributed by atoms with Crippen molar-refractivity contribution in [2.75, 3.05) is 0 Å². The average molecular weight is 471 g/mol. The monoisotopic (exact) mass is 470 g/mol. The van der Waals surface area contributed by atoms with Gasteiger partial charge in [0.05, 0.1) is 0 Å². The molecule has 1 aliphatic rings. The normalized spacial score (nSPS) is 17.0. The molecule has 0 heterocycles. The van der Waals surface area contributed by atoms with E-state index in [0.717, 1.165) is 31.1 Å². The zero-order chi connectivity index (χ0) is 25.5. The standard InChI is InChI=1S/C15H16.C10H20.C10H14/c1-12-3-7-14(8-4-12)11-15-9-5-13(2)6-10-15;2*1-3-9-6-5-7-10(4-2)8-9/h3-10H,11H2,1-2H3;9-10H,3-8H2,1-2H3;5-8H,3-4H2,1-2H3. The fourth-order valence-electron chi connectivity index (χ4n) is 4.86. The summed E-state index contributed by atoms with van der Waals surface area (Å²) in [4.78, 5) is 0. The van der Waals surface area contributed by atoms with Crippen molar-refractivity contribution in [3.63, 3.8) is 0 Å². The van der Waals surface area contributed by atoms with Gasteiger partial charge in [-0.05, 0) is 73.6 Å². The molecule has 0 nitrogen and oxygen atoms in total. The number of hydrogen-bond acceptors (Lipinski definition) is 0. The molecule has 3 aromatic carbocycles. The molecule has 1 saturated carbocycles. The highest BCUT2D eigenvalue weighted by atomic mass is 14.2. The van der Waals surface area contributed by atoms with E-state index in [-0.39, 0.29) is 0 Å². The van der Waals surface area contributed by atoms with Crippen LogP contribution in [0.1, 0.15) is 99.6 Å². The Morgan fingerprint density at radius 2 is 1.00 bits per heavy atom. The maximum Gasteiger partial charge on any atom is -0.00258 e. The minimum absolute atomic E-state index is 1.03. The van der Waals surface area contributed by atoms with E-state index < -0.39 is 0 Å². The van der Waals surface area contributed by atoms with Crippen LogP contribution in [0.15, 0.2) is 72.8 Å². The fraction of sp³-hybridized carbons (Fsp3) is 0.486. The Bertz CT molecular complexity index is 860. The van der Waals surface area contributed by atoms with Crippen molar-refractivity contribution in [3.05, 3.63) is 106 Å². The van der Waals surface area contributed by atoms with Crippen LogP contribution < -0.4 is 0 Å². The van der Waals surface area contributed by atoms with Crippen molar-refractivity contribution < 1.29 is 0 Å². The molecule has 0 amide bonds. The Labute approximate surface area is 217 Å². The molecule has 1 aliphatic carbocycles. The van der Waals surface area contributed by atoms with Gasteiger partial charge in [-0.1, -0.05) is 144 Å². The molecule has 0 radical (unpaired) electrons. The maximum atomic E-state index is 2.34. The van der Waals surface area contributed by atoms with Gasteiger partial charge >= 0.3 is 0 Å². The topological polar surface area (TPSA) is 0 Å². The van der Waals surface area contributed by atoms with Gasteiger partial charge in [-0.3, -0.25) is 0 Å². The molecule has 0 saturated heterocycles. The second kappa shape index (κ2) is 16.4. The van der Waals surface area contributed by atoms with Gasteiger partial charge in [0.1, 0.15) is 0 Å². The first-order valence-electron chi connectivity index (χ1n) is 14.2. The van der Waals surface area contributed by atoms with E-state index in [1.807, 2.05) is 0 Å². The minimum atomic E-state index is 1.03. The van der Waals surface area contributed by atoms with E-state index in [4.69, 9.17) is 0 Å². The summed E-state index contributed by atoms with van der Waals surface area (Å²) in [5.41, 5.74) is 8.29. The van der Waals surface area contributed by atoms with Gasteiger partial charge in [0.25, 0.3) is 0 Å². The molecule has 2 unspecified atom stereocenters. The number of hydrogen-bond donors (Lipinski definition) is 0. The molecule has 1 fully saturated rings. The lowest BCUT2D eigenvalue weighted by atomic mass is 9.79. The van der Waals surface area contributed by atoms with Crippen molar-refractivity contribution >= 4 is 0 Å². The summed E-state index contributed by atoms with van der Waals surface area (Å²) in [6, 6.07) is 26.3. The first-order valence-corrected chi connectivity index (χ1v) is 14.2. The third-order valence-corrected chi connectivity index (χ3v) is 7.50. The highest BCUT2D eigenvalue weighted by molar-refractivity contribution is 5.29. The van der Waals surface area contributed by atoms with Crippen molar-refractivity contribution in [1.29, 1.82) is 0 Å². The lowest BCUT2D eigenvalue weighted by Gasteiger charge is -2.27. The van der Waals surface area contributed by atoms with Crippen LogP contribution in [-0.4, -0.2) is 0 Å². The molecule has 35 heavy (non-hydrogen) atoms. The van der Waals surface area contributed by atoms with E-state index in [0.29, 0.717) is 0 Å². The van der Waals surface area contributed by atoms with Crippen LogP contribution in [0.2, 0.25) is 0 Å². The quantitative estimate of drug-likeness (QED) is 0.336. The minimum Gasteiger partial charge on any atom is -0.0651 e. The molecule has 0 aliphatic heterocycles. The molecule has 3 aromatic rings. The summed E-state index contributed by atoms with van der Waals surface area (Å²) in [7, 11) is 0. The smallest absolute Gasteiger partial charge is 0.00258 e. The Hall–Kier alpha value is -2.34. The summed E-state index contributed by atoms with van der Waals surface area (Å²) < 4.78 is 0. The SMILES string of the molecule is CCC1CCCC(CC)C1.CCc1cccc(CC)c1.Cc1ccc(Cc2ccc(C)cc2)cc1. The highest BCUT2D eigenvalue weighted by Crippen LogP contribution is 2.32. The molecule has 190 valence electrons. The number of aryl methyl sites for hydroxylation is 4. The zero-order valence-electron chi connectivity index (χ0n) is 23.4.